The molecule has 0 radical (unpaired) electrons. The summed E-state index contributed by atoms with van der Waals surface area (Å²) in [6, 6.07) is 8.21. The highest BCUT2D eigenvalue weighted by atomic mass is 16.4. The smallest absolute Gasteiger partial charge is 0.307 e. The number of rotatable bonds is 2. The SMILES string of the molecule is Cc1cccc(-c2cn3c(n2)CC(C(=O)O)CC3)c1. The second kappa shape index (κ2) is 4.53. The summed E-state index contributed by atoms with van der Waals surface area (Å²) in [5, 5.41) is 9.09. The minimum atomic E-state index is -0.716. The summed E-state index contributed by atoms with van der Waals surface area (Å²) in [6.07, 6.45) is 3.25. The van der Waals surface area contributed by atoms with Gasteiger partial charge in [-0.15, -0.1) is 0 Å². The largest absolute Gasteiger partial charge is 0.481 e. The summed E-state index contributed by atoms with van der Waals surface area (Å²) < 4.78 is 2.08. The molecule has 98 valence electrons. The number of hydrogen-bond acceptors (Lipinski definition) is 2. The highest BCUT2D eigenvalue weighted by Gasteiger charge is 2.25. The van der Waals surface area contributed by atoms with Crippen molar-refractivity contribution in [1.29, 1.82) is 0 Å². The second-order valence-electron chi connectivity index (χ2n) is 5.13. The molecule has 0 amide bonds. The molecule has 2 heterocycles. The number of aromatic nitrogens is 2. The van der Waals surface area contributed by atoms with Crippen molar-refractivity contribution in [2.45, 2.75) is 26.3 Å². The average molecular weight is 256 g/mol. The van der Waals surface area contributed by atoms with Crippen molar-refractivity contribution >= 4 is 5.97 Å². The molecule has 1 aliphatic rings. The van der Waals surface area contributed by atoms with Crippen LogP contribution in [0, 0.1) is 12.8 Å². The fourth-order valence-corrected chi connectivity index (χ4v) is 2.58. The lowest BCUT2D eigenvalue weighted by atomic mass is 9.98. The lowest BCUT2D eigenvalue weighted by molar-refractivity contribution is -0.142. The molecular formula is C15H16N2O2. The van der Waals surface area contributed by atoms with E-state index in [4.69, 9.17) is 5.11 Å². The summed E-state index contributed by atoms with van der Waals surface area (Å²) in [5.41, 5.74) is 3.23. The highest BCUT2D eigenvalue weighted by molar-refractivity contribution is 5.70. The maximum atomic E-state index is 11.0. The number of nitrogens with zero attached hydrogens (tertiary/aromatic N) is 2. The zero-order valence-corrected chi connectivity index (χ0v) is 10.8. The van der Waals surface area contributed by atoms with Gasteiger partial charge in [0.05, 0.1) is 11.6 Å². The van der Waals surface area contributed by atoms with Crippen molar-refractivity contribution in [3.05, 3.63) is 41.9 Å². The van der Waals surface area contributed by atoms with Crippen LogP contribution in [0.25, 0.3) is 11.3 Å². The number of fused-ring (bicyclic) bond motifs is 1. The van der Waals surface area contributed by atoms with Gasteiger partial charge in [-0.05, 0) is 19.4 Å². The molecule has 0 spiro atoms. The van der Waals surface area contributed by atoms with E-state index in [1.807, 2.05) is 18.3 Å². The first kappa shape index (κ1) is 12.0. The molecule has 1 unspecified atom stereocenters. The molecule has 1 N–H and O–H groups in total. The Kier molecular flexibility index (Phi) is 2.85. The monoisotopic (exact) mass is 256 g/mol. The van der Waals surface area contributed by atoms with Crippen LogP contribution in [0.2, 0.25) is 0 Å². The topological polar surface area (TPSA) is 55.1 Å². The Balaban J connectivity index is 1.93. The van der Waals surface area contributed by atoms with E-state index in [0.29, 0.717) is 12.8 Å². The molecule has 1 aromatic carbocycles. The van der Waals surface area contributed by atoms with Crippen LogP contribution in [0.5, 0.6) is 0 Å². The van der Waals surface area contributed by atoms with Crippen molar-refractivity contribution in [1.82, 2.24) is 9.55 Å². The summed E-state index contributed by atoms with van der Waals surface area (Å²) in [5.74, 6) is -0.123. The third kappa shape index (κ3) is 2.26. The Morgan fingerprint density at radius 1 is 1.47 bits per heavy atom. The lowest BCUT2D eigenvalue weighted by Crippen LogP contribution is -2.25. The molecule has 1 aliphatic heterocycles. The van der Waals surface area contributed by atoms with E-state index in [-0.39, 0.29) is 5.92 Å². The Labute approximate surface area is 111 Å². The molecule has 0 aliphatic carbocycles. The van der Waals surface area contributed by atoms with E-state index in [1.165, 1.54) is 5.56 Å². The molecule has 1 atom stereocenters. The van der Waals surface area contributed by atoms with Gasteiger partial charge >= 0.3 is 5.97 Å². The number of benzene rings is 1. The fourth-order valence-electron chi connectivity index (χ4n) is 2.58. The maximum Gasteiger partial charge on any atom is 0.307 e. The Morgan fingerprint density at radius 3 is 3.05 bits per heavy atom. The van der Waals surface area contributed by atoms with Crippen molar-refractivity contribution in [3.8, 4) is 11.3 Å². The van der Waals surface area contributed by atoms with Crippen LogP contribution in [0.3, 0.4) is 0 Å². The summed E-state index contributed by atoms with van der Waals surface area (Å²) in [4.78, 5) is 15.6. The van der Waals surface area contributed by atoms with Crippen LogP contribution in [0.4, 0.5) is 0 Å². The minimum Gasteiger partial charge on any atom is -0.481 e. The average Bonchev–Trinajstić information content (AvgIpc) is 2.81. The van der Waals surface area contributed by atoms with Crippen molar-refractivity contribution < 1.29 is 9.90 Å². The number of carboxylic acids is 1. The van der Waals surface area contributed by atoms with Gasteiger partial charge in [-0.1, -0.05) is 23.8 Å². The fraction of sp³-hybridized carbons (Fsp3) is 0.333. The van der Waals surface area contributed by atoms with Gasteiger partial charge in [-0.2, -0.15) is 0 Å². The zero-order chi connectivity index (χ0) is 13.4. The molecule has 4 heteroatoms. The third-order valence-corrected chi connectivity index (χ3v) is 3.67. The molecule has 0 saturated heterocycles. The molecule has 0 bridgehead atoms. The van der Waals surface area contributed by atoms with Crippen LogP contribution in [-0.4, -0.2) is 20.6 Å². The number of carbonyl (C=O) groups is 1. The normalized spacial score (nSPS) is 18.1. The van der Waals surface area contributed by atoms with E-state index < -0.39 is 5.97 Å². The Bertz CT molecular complexity index is 631. The van der Waals surface area contributed by atoms with Gasteiger partial charge in [0.1, 0.15) is 5.82 Å². The van der Waals surface area contributed by atoms with Gasteiger partial charge in [0, 0.05) is 24.7 Å². The van der Waals surface area contributed by atoms with E-state index in [0.717, 1.165) is 23.6 Å². The number of carboxylic acid groups (broad SMARTS) is 1. The van der Waals surface area contributed by atoms with E-state index in [2.05, 4.69) is 28.6 Å². The Morgan fingerprint density at radius 2 is 2.32 bits per heavy atom. The molecule has 4 nitrogen and oxygen atoms in total. The van der Waals surface area contributed by atoms with Gasteiger partial charge in [-0.25, -0.2) is 4.98 Å². The molecule has 0 saturated carbocycles. The van der Waals surface area contributed by atoms with Crippen LogP contribution < -0.4 is 0 Å². The van der Waals surface area contributed by atoms with Crippen LogP contribution in [-0.2, 0) is 17.8 Å². The van der Waals surface area contributed by atoms with Gasteiger partial charge in [0.25, 0.3) is 0 Å². The summed E-state index contributed by atoms with van der Waals surface area (Å²) >= 11 is 0. The van der Waals surface area contributed by atoms with Gasteiger partial charge in [-0.3, -0.25) is 4.79 Å². The van der Waals surface area contributed by atoms with Crippen molar-refractivity contribution in [3.63, 3.8) is 0 Å². The van der Waals surface area contributed by atoms with E-state index >= 15 is 0 Å². The van der Waals surface area contributed by atoms with Gasteiger partial charge in [0.15, 0.2) is 0 Å². The molecule has 2 aromatic rings. The predicted molar refractivity (Wildman–Crippen MR) is 71.8 cm³/mol. The molecule has 0 fully saturated rings. The van der Waals surface area contributed by atoms with Crippen molar-refractivity contribution in [2.75, 3.05) is 0 Å². The quantitative estimate of drug-likeness (QED) is 0.898. The van der Waals surface area contributed by atoms with Crippen LogP contribution in [0.1, 0.15) is 17.8 Å². The van der Waals surface area contributed by atoms with Crippen LogP contribution in [0.15, 0.2) is 30.5 Å². The van der Waals surface area contributed by atoms with Gasteiger partial charge in [0.2, 0.25) is 0 Å². The number of imidazole rings is 1. The summed E-state index contributed by atoms with van der Waals surface area (Å²) in [6.45, 7) is 2.80. The van der Waals surface area contributed by atoms with Gasteiger partial charge < -0.3 is 9.67 Å². The highest BCUT2D eigenvalue weighted by Crippen LogP contribution is 2.25. The lowest BCUT2D eigenvalue weighted by Gasteiger charge is -2.19. The number of aliphatic carboxylic acids is 1. The number of hydrogen-bond donors (Lipinski definition) is 1. The number of aryl methyl sites for hydroxylation is 2. The third-order valence-electron chi connectivity index (χ3n) is 3.67. The predicted octanol–water partition coefficient (Wildman–Crippen LogP) is 2.51. The first-order chi connectivity index (χ1) is 9.13. The molecule has 3 rings (SSSR count). The van der Waals surface area contributed by atoms with Crippen molar-refractivity contribution in [2.24, 2.45) is 5.92 Å². The Hall–Kier alpha value is -2.10. The van der Waals surface area contributed by atoms with E-state index in [1.54, 1.807) is 0 Å². The second-order valence-corrected chi connectivity index (χ2v) is 5.13. The summed E-state index contributed by atoms with van der Waals surface area (Å²) in [7, 11) is 0. The first-order valence-electron chi connectivity index (χ1n) is 6.49. The standard InChI is InChI=1S/C15H16N2O2/c1-10-3-2-4-11(7-10)13-9-17-6-5-12(15(18)19)8-14(17)16-13/h2-4,7,9,12H,5-6,8H2,1H3,(H,18,19). The first-order valence-corrected chi connectivity index (χ1v) is 6.49. The van der Waals surface area contributed by atoms with E-state index in [9.17, 15) is 4.79 Å². The maximum absolute atomic E-state index is 11.0. The molecular weight excluding hydrogens is 240 g/mol. The minimum absolute atomic E-state index is 0.291. The zero-order valence-electron chi connectivity index (χ0n) is 10.8. The van der Waals surface area contributed by atoms with Crippen LogP contribution >= 0.6 is 0 Å². The molecule has 19 heavy (non-hydrogen) atoms. The molecule has 1 aromatic heterocycles.